The largest absolute Gasteiger partial charge is 0.495 e. The minimum Gasteiger partial charge on any atom is -0.495 e. The van der Waals surface area contributed by atoms with E-state index in [1.807, 2.05) is 19.1 Å². The lowest BCUT2D eigenvalue weighted by molar-refractivity contribution is 0.416. The summed E-state index contributed by atoms with van der Waals surface area (Å²) in [6.07, 6.45) is 3.45. The maximum absolute atomic E-state index is 9.18. The number of nitrogens with zero attached hydrogens (tertiary/aromatic N) is 2. The first-order valence-corrected chi connectivity index (χ1v) is 6.31. The van der Waals surface area contributed by atoms with Gasteiger partial charge in [-0.25, -0.2) is 0 Å². The van der Waals surface area contributed by atoms with Crippen molar-refractivity contribution in [1.29, 1.82) is 5.26 Å². The average molecular weight is 268 g/mol. The number of methoxy groups -OCH3 is 1. The summed E-state index contributed by atoms with van der Waals surface area (Å²) < 4.78 is 5.29. The fraction of sp³-hybridized carbons (Fsp3) is 0.200. The molecule has 2 aromatic rings. The molecule has 2 rings (SSSR count). The zero-order valence-corrected chi connectivity index (χ0v) is 11.5. The highest BCUT2D eigenvalue weighted by atomic mass is 16.5. The molecule has 20 heavy (non-hydrogen) atoms. The van der Waals surface area contributed by atoms with Gasteiger partial charge in [0.2, 0.25) is 0 Å². The minimum absolute atomic E-state index is 0.526. The lowest BCUT2D eigenvalue weighted by Gasteiger charge is -2.13. The van der Waals surface area contributed by atoms with Gasteiger partial charge in [0.15, 0.2) is 0 Å². The first kappa shape index (κ1) is 13.7. The van der Waals surface area contributed by atoms with E-state index in [4.69, 9.17) is 4.74 Å². The van der Waals surface area contributed by atoms with Crippen molar-refractivity contribution in [2.75, 3.05) is 24.3 Å². The van der Waals surface area contributed by atoms with Gasteiger partial charge < -0.3 is 15.4 Å². The van der Waals surface area contributed by atoms with E-state index in [0.717, 1.165) is 17.9 Å². The van der Waals surface area contributed by atoms with Gasteiger partial charge in [-0.2, -0.15) is 5.26 Å². The van der Waals surface area contributed by atoms with E-state index in [-0.39, 0.29) is 0 Å². The predicted molar refractivity (Wildman–Crippen MR) is 79.4 cm³/mol. The van der Waals surface area contributed by atoms with Crippen molar-refractivity contribution < 1.29 is 4.74 Å². The number of rotatable bonds is 5. The monoisotopic (exact) mass is 268 g/mol. The van der Waals surface area contributed by atoms with Crippen molar-refractivity contribution in [1.82, 2.24) is 4.98 Å². The van der Waals surface area contributed by atoms with Gasteiger partial charge in [0, 0.05) is 6.54 Å². The molecule has 2 N–H and O–H groups in total. The molecule has 5 heteroatoms. The second-order valence-electron chi connectivity index (χ2n) is 4.11. The molecule has 0 unspecified atom stereocenters. The summed E-state index contributed by atoms with van der Waals surface area (Å²) in [6.45, 7) is 2.84. The van der Waals surface area contributed by atoms with Crippen LogP contribution in [-0.4, -0.2) is 18.6 Å². The Balaban J connectivity index is 2.34. The zero-order chi connectivity index (χ0) is 14.4. The summed E-state index contributed by atoms with van der Waals surface area (Å²) in [6, 6.07) is 9.43. The second-order valence-corrected chi connectivity index (χ2v) is 4.11. The summed E-state index contributed by atoms with van der Waals surface area (Å²) in [4.78, 5) is 4.16. The Hall–Kier alpha value is -2.74. The fourth-order valence-corrected chi connectivity index (χ4v) is 1.88. The van der Waals surface area contributed by atoms with Crippen LogP contribution in [0.3, 0.4) is 0 Å². The molecule has 0 aliphatic rings. The molecule has 0 saturated carbocycles. The molecule has 1 aromatic heterocycles. The van der Waals surface area contributed by atoms with Crippen LogP contribution in [0, 0.1) is 11.3 Å². The number of nitriles is 1. The van der Waals surface area contributed by atoms with E-state index in [9.17, 15) is 5.26 Å². The Kier molecular flexibility index (Phi) is 4.40. The molecule has 0 amide bonds. The Morgan fingerprint density at radius 2 is 2.10 bits per heavy atom. The van der Waals surface area contributed by atoms with Crippen molar-refractivity contribution in [3.05, 3.63) is 42.2 Å². The minimum atomic E-state index is 0.526. The van der Waals surface area contributed by atoms with Crippen LogP contribution in [0.5, 0.6) is 5.75 Å². The van der Waals surface area contributed by atoms with Crippen molar-refractivity contribution in [3.8, 4) is 11.8 Å². The summed E-state index contributed by atoms with van der Waals surface area (Å²) in [5.74, 6) is 0.623. The molecule has 1 heterocycles. The van der Waals surface area contributed by atoms with Gasteiger partial charge in [-0.3, -0.25) is 4.98 Å². The van der Waals surface area contributed by atoms with E-state index < -0.39 is 0 Å². The normalized spacial score (nSPS) is 9.65. The van der Waals surface area contributed by atoms with Crippen LogP contribution in [0.25, 0.3) is 0 Å². The standard InChI is InChI=1S/C15H16N4O/c1-3-18-12-7-13(10-17-9-12)19-15-11(8-16)5-4-6-14(15)20-2/h4-7,9-10,18-19H,3H2,1-2H3. The molecule has 102 valence electrons. The van der Waals surface area contributed by atoms with Crippen molar-refractivity contribution >= 4 is 17.1 Å². The first-order valence-electron chi connectivity index (χ1n) is 6.31. The number of aromatic nitrogens is 1. The van der Waals surface area contributed by atoms with Crippen LogP contribution < -0.4 is 15.4 Å². The fourth-order valence-electron chi connectivity index (χ4n) is 1.88. The quantitative estimate of drug-likeness (QED) is 0.871. The zero-order valence-electron chi connectivity index (χ0n) is 11.5. The Labute approximate surface area is 118 Å². The number of para-hydroxylation sites is 1. The molecule has 1 aromatic carbocycles. The molecule has 0 saturated heterocycles. The van der Waals surface area contributed by atoms with E-state index in [1.54, 1.807) is 31.6 Å². The molecule has 0 fully saturated rings. The van der Waals surface area contributed by atoms with Gasteiger partial charge in [-0.05, 0) is 25.1 Å². The highest BCUT2D eigenvalue weighted by molar-refractivity contribution is 5.73. The number of anilines is 3. The topological polar surface area (TPSA) is 70.0 Å². The van der Waals surface area contributed by atoms with Crippen molar-refractivity contribution in [2.24, 2.45) is 0 Å². The van der Waals surface area contributed by atoms with Gasteiger partial charge in [0.25, 0.3) is 0 Å². The third kappa shape index (κ3) is 2.98. The maximum Gasteiger partial charge on any atom is 0.143 e. The van der Waals surface area contributed by atoms with Crippen LogP contribution >= 0.6 is 0 Å². The van der Waals surface area contributed by atoms with Gasteiger partial charge in [0.1, 0.15) is 11.8 Å². The first-order chi connectivity index (χ1) is 9.78. The van der Waals surface area contributed by atoms with Gasteiger partial charge >= 0.3 is 0 Å². The highest BCUT2D eigenvalue weighted by Gasteiger charge is 2.09. The van der Waals surface area contributed by atoms with Crippen molar-refractivity contribution in [3.63, 3.8) is 0 Å². The number of nitrogens with one attached hydrogen (secondary N) is 2. The van der Waals surface area contributed by atoms with Gasteiger partial charge in [-0.1, -0.05) is 6.07 Å². The Morgan fingerprint density at radius 3 is 2.80 bits per heavy atom. The van der Waals surface area contributed by atoms with Crippen LogP contribution in [0.1, 0.15) is 12.5 Å². The number of benzene rings is 1. The molecule has 0 spiro atoms. The summed E-state index contributed by atoms with van der Waals surface area (Å²) in [7, 11) is 1.58. The molecular formula is C15H16N4O. The van der Waals surface area contributed by atoms with Crippen LogP contribution in [0.15, 0.2) is 36.7 Å². The maximum atomic E-state index is 9.18. The second kappa shape index (κ2) is 6.43. The lowest BCUT2D eigenvalue weighted by atomic mass is 10.1. The van der Waals surface area contributed by atoms with Crippen LogP contribution in [0.4, 0.5) is 17.1 Å². The molecule has 0 radical (unpaired) electrons. The summed E-state index contributed by atoms with van der Waals surface area (Å²) in [5, 5.41) is 15.6. The van der Waals surface area contributed by atoms with E-state index in [0.29, 0.717) is 17.0 Å². The Bertz CT molecular complexity index is 634. The third-order valence-electron chi connectivity index (χ3n) is 2.76. The summed E-state index contributed by atoms with van der Waals surface area (Å²) >= 11 is 0. The van der Waals surface area contributed by atoms with Gasteiger partial charge in [0.05, 0.1) is 42.1 Å². The van der Waals surface area contributed by atoms with Crippen LogP contribution in [-0.2, 0) is 0 Å². The molecule has 0 bridgehead atoms. The molecule has 0 aliphatic carbocycles. The van der Waals surface area contributed by atoms with Crippen LogP contribution in [0.2, 0.25) is 0 Å². The lowest BCUT2D eigenvalue weighted by Crippen LogP contribution is -2.00. The van der Waals surface area contributed by atoms with Gasteiger partial charge in [-0.15, -0.1) is 0 Å². The number of ether oxygens (including phenoxy) is 1. The summed E-state index contributed by atoms with van der Waals surface area (Å²) in [5.41, 5.74) is 2.89. The van der Waals surface area contributed by atoms with Crippen molar-refractivity contribution in [2.45, 2.75) is 6.92 Å². The Morgan fingerprint density at radius 1 is 1.30 bits per heavy atom. The smallest absolute Gasteiger partial charge is 0.143 e. The van der Waals surface area contributed by atoms with E-state index in [1.165, 1.54) is 0 Å². The molecule has 0 aliphatic heterocycles. The molecular weight excluding hydrogens is 252 g/mol. The number of pyridine rings is 1. The number of hydrogen-bond acceptors (Lipinski definition) is 5. The number of hydrogen-bond donors (Lipinski definition) is 2. The highest BCUT2D eigenvalue weighted by Crippen LogP contribution is 2.31. The van der Waals surface area contributed by atoms with E-state index >= 15 is 0 Å². The average Bonchev–Trinajstić information content (AvgIpc) is 2.48. The van der Waals surface area contributed by atoms with E-state index in [2.05, 4.69) is 21.7 Å². The molecule has 0 atom stereocenters. The third-order valence-corrected chi connectivity index (χ3v) is 2.76. The predicted octanol–water partition coefficient (Wildman–Crippen LogP) is 3.14. The molecule has 5 nitrogen and oxygen atoms in total. The SMILES string of the molecule is CCNc1cncc(Nc2c(C#N)cccc2OC)c1.